The van der Waals surface area contributed by atoms with Crippen molar-refractivity contribution >= 4 is 44.6 Å². The summed E-state index contributed by atoms with van der Waals surface area (Å²) in [5, 5.41) is 15.9. The normalized spacial score (nSPS) is 14.9. The molecule has 3 N–H and O–H groups in total. The molecule has 4 rings (SSSR count). The Balaban J connectivity index is 1.63. The molecule has 0 spiro atoms. The molecule has 0 bridgehead atoms. The Morgan fingerprint density at radius 1 is 1.11 bits per heavy atom. The summed E-state index contributed by atoms with van der Waals surface area (Å²) in [6.45, 7) is 6.42. The van der Waals surface area contributed by atoms with Crippen LogP contribution in [0, 0.1) is 0 Å². The van der Waals surface area contributed by atoms with Gasteiger partial charge < -0.3 is 20.5 Å². The van der Waals surface area contributed by atoms with Gasteiger partial charge in [0.1, 0.15) is 17.0 Å². The van der Waals surface area contributed by atoms with E-state index in [0.29, 0.717) is 23.7 Å². The molecule has 192 valence electrons. The van der Waals surface area contributed by atoms with Crippen LogP contribution in [-0.4, -0.2) is 53.5 Å². The van der Waals surface area contributed by atoms with Gasteiger partial charge in [0.25, 0.3) is 0 Å². The Hall–Kier alpha value is -2.92. The standard InChI is InChI=1S/C25H30ClN5O4S/c1-15(2)36(33,34)23-8-6-5-7-20(23)28-24-19(26)13-27-25(30-24)29-21-11-17-9-10-31(16(3)32)14-18(17)12-22(21)35-4/h5-8,11-13,15-16,32H,9-10,14H2,1-4H3,(H2,27,28,29,30). The number of methoxy groups -OCH3 is 1. The van der Waals surface area contributed by atoms with E-state index in [1.165, 1.54) is 6.20 Å². The minimum absolute atomic E-state index is 0.173. The fourth-order valence-corrected chi connectivity index (χ4v) is 5.37. The number of rotatable bonds is 8. The lowest BCUT2D eigenvalue weighted by molar-refractivity contribution is 0.00914. The lowest BCUT2D eigenvalue weighted by Gasteiger charge is -2.31. The predicted molar refractivity (Wildman–Crippen MR) is 141 cm³/mol. The molecule has 0 radical (unpaired) electrons. The van der Waals surface area contributed by atoms with Gasteiger partial charge >= 0.3 is 0 Å². The van der Waals surface area contributed by atoms with Crippen LogP contribution in [0.25, 0.3) is 0 Å². The number of nitrogens with zero attached hydrogens (tertiary/aromatic N) is 3. The van der Waals surface area contributed by atoms with E-state index in [-0.39, 0.29) is 21.7 Å². The maximum Gasteiger partial charge on any atom is 0.229 e. The molecule has 1 aliphatic rings. The first-order chi connectivity index (χ1) is 17.1. The maximum absolute atomic E-state index is 12.8. The van der Waals surface area contributed by atoms with Crippen LogP contribution >= 0.6 is 11.6 Å². The van der Waals surface area contributed by atoms with Crippen LogP contribution in [0.5, 0.6) is 5.75 Å². The van der Waals surface area contributed by atoms with Crippen LogP contribution in [0.2, 0.25) is 5.02 Å². The van der Waals surface area contributed by atoms with Gasteiger partial charge in [-0.05, 0) is 62.6 Å². The highest BCUT2D eigenvalue weighted by Crippen LogP contribution is 2.35. The number of ether oxygens (including phenoxy) is 1. The van der Waals surface area contributed by atoms with E-state index in [2.05, 4.69) is 20.6 Å². The minimum atomic E-state index is -3.53. The quantitative estimate of drug-likeness (QED) is 0.386. The number of halogens is 1. The first-order valence-corrected chi connectivity index (χ1v) is 13.5. The van der Waals surface area contributed by atoms with Crippen molar-refractivity contribution in [3.05, 3.63) is 58.7 Å². The maximum atomic E-state index is 12.8. The molecule has 0 amide bonds. The number of benzene rings is 2. The van der Waals surface area contributed by atoms with Crippen LogP contribution in [-0.2, 0) is 22.8 Å². The van der Waals surface area contributed by atoms with Gasteiger partial charge in [-0.25, -0.2) is 13.4 Å². The predicted octanol–water partition coefficient (Wildman–Crippen LogP) is 4.50. The summed E-state index contributed by atoms with van der Waals surface area (Å²) in [6, 6.07) is 10.6. The molecule has 36 heavy (non-hydrogen) atoms. The number of fused-ring (bicyclic) bond motifs is 1. The molecule has 0 saturated heterocycles. The van der Waals surface area contributed by atoms with Crippen molar-refractivity contribution in [2.45, 2.75) is 50.1 Å². The average Bonchev–Trinajstić information content (AvgIpc) is 2.85. The molecule has 1 atom stereocenters. The third kappa shape index (κ3) is 5.41. The Morgan fingerprint density at radius 2 is 1.86 bits per heavy atom. The van der Waals surface area contributed by atoms with Crippen molar-refractivity contribution in [1.82, 2.24) is 14.9 Å². The monoisotopic (exact) mass is 531 g/mol. The van der Waals surface area contributed by atoms with Gasteiger partial charge in [0, 0.05) is 13.1 Å². The Morgan fingerprint density at radius 3 is 2.56 bits per heavy atom. The van der Waals surface area contributed by atoms with Gasteiger partial charge in [-0.3, -0.25) is 4.90 Å². The molecule has 0 aliphatic carbocycles. The lowest BCUT2D eigenvalue weighted by atomic mass is 9.98. The molecule has 2 heterocycles. The van der Waals surface area contributed by atoms with Gasteiger partial charge in [0.05, 0.1) is 34.8 Å². The molecule has 0 fully saturated rings. The number of hydrogen-bond donors (Lipinski definition) is 3. The second-order valence-electron chi connectivity index (χ2n) is 8.90. The van der Waals surface area contributed by atoms with Crippen molar-refractivity contribution in [2.75, 3.05) is 24.3 Å². The minimum Gasteiger partial charge on any atom is -0.495 e. The van der Waals surface area contributed by atoms with Crippen LogP contribution in [0.1, 0.15) is 31.9 Å². The second kappa shape index (κ2) is 10.6. The van der Waals surface area contributed by atoms with E-state index >= 15 is 0 Å². The van der Waals surface area contributed by atoms with E-state index in [0.717, 1.165) is 24.1 Å². The highest BCUT2D eigenvalue weighted by Gasteiger charge is 2.24. The third-order valence-corrected chi connectivity index (χ3v) is 8.64. The number of anilines is 4. The number of aliphatic hydroxyl groups is 1. The molecular formula is C25H30ClN5O4S. The average molecular weight is 532 g/mol. The van der Waals surface area contributed by atoms with Crippen molar-refractivity contribution in [2.24, 2.45) is 0 Å². The highest BCUT2D eigenvalue weighted by molar-refractivity contribution is 7.92. The van der Waals surface area contributed by atoms with Crippen LogP contribution < -0.4 is 15.4 Å². The van der Waals surface area contributed by atoms with Crippen molar-refractivity contribution in [3.63, 3.8) is 0 Å². The number of nitrogens with one attached hydrogen (secondary N) is 2. The topological polar surface area (TPSA) is 117 Å². The zero-order chi connectivity index (χ0) is 26.0. The summed E-state index contributed by atoms with van der Waals surface area (Å²) >= 11 is 6.36. The molecule has 1 unspecified atom stereocenters. The van der Waals surface area contributed by atoms with Crippen molar-refractivity contribution in [1.29, 1.82) is 0 Å². The number of hydrogen-bond acceptors (Lipinski definition) is 9. The Bertz CT molecular complexity index is 1360. The first kappa shape index (κ1) is 26.2. The third-order valence-electron chi connectivity index (χ3n) is 6.15. The van der Waals surface area contributed by atoms with Crippen LogP contribution in [0.3, 0.4) is 0 Å². The lowest BCUT2D eigenvalue weighted by Crippen LogP contribution is -2.37. The Kier molecular flexibility index (Phi) is 7.70. The molecule has 1 aromatic heterocycles. The van der Waals surface area contributed by atoms with Crippen LogP contribution in [0.4, 0.5) is 23.1 Å². The van der Waals surface area contributed by atoms with Gasteiger partial charge in [-0.1, -0.05) is 23.7 Å². The fourth-order valence-electron chi connectivity index (χ4n) is 4.03. The summed E-state index contributed by atoms with van der Waals surface area (Å²) in [6.07, 6.45) is 1.72. The summed E-state index contributed by atoms with van der Waals surface area (Å²) in [7, 11) is -1.94. The highest BCUT2D eigenvalue weighted by atomic mass is 35.5. The molecule has 3 aromatic rings. The fraction of sp³-hybridized carbons (Fsp3) is 0.360. The Labute approximate surface area is 216 Å². The molecular weight excluding hydrogens is 502 g/mol. The van der Waals surface area contributed by atoms with Gasteiger partial charge in [0.15, 0.2) is 15.7 Å². The second-order valence-corrected chi connectivity index (χ2v) is 11.8. The van der Waals surface area contributed by atoms with E-state index in [1.54, 1.807) is 52.1 Å². The molecule has 9 nitrogen and oxygen atoms in total. The zero-order valence-corrected chi connectivity index (χ0v) is 22.2. The largest absolute Gasteiger partial charge is 0.495 e. The van der Waals surface area contributed by atoms with E-state index in [4.69, 9.17) is 16.3 Å². The van der Waals surface area contributed by atoms with Crippen molar-refractivity contribution < 1.29 is 18.3 Å². The number of aliphatic hydroxyl groups excluding tert-OH is 1. The number of sulfone groups is 1. The van der Waals surface area contributed by atoms with E-state index in [1.807, 2.05) is 17.0 Å². The van der Waals surface area contributed by atoms with E-state index in [9.17, 15) is 13.5 Å². The summed E-state index contributed by atoms with van der Waals surface area (Å²) in [5.41, 5.74) is 3.31. The number of para-hydroxylation sites is 1. The molecule has 11 heteroatoms. The summed E-state index contributed by atoms with van der Waals surface area (Å²) in [5.74, 6) is 1.15. The van der Waals surface area contributed by atoms with Gasteiger partial charge in [0.2, 0.25) is 5.95 Å². The first-order valence-electron chi connectivity index (χ1n) is 11.6. The molecule has 1 aliphatic heterocycles. The zero-order valence-electron chi connectivity index (χ0n) is 20.6. The van der Waals surface area contributed by atoms with Gasteiger partial charge in [-0.2, -0.15) is 4.98 Å². The van der Waals surface area contributed by atoms with E-state index < -0.39 is 21.3 Å². The van der Waals surface area contributed by atoms with Gasteiger partial charge in [-0.15, -0.1) is 0 Å². The smallest absolute Gasteiger partial charge is 0.229 e. The summed E-state index contributed by atoms with van der Waals surface area (Å²) in [4.78, 5) is 11.0. The SMILES string of the molecule is COc1cc2c(cc1Nc1ncc(Cl)c(Nc3ccccc3S(=O)(=O)C(C)C)n1)CCN(C(C)O)C2. The molecule has 2 aromatic carbocycles. The number of aromatic nitrogens is 2. The summed E-state index contributed by atoms with van der Waals surface area (Å²) < 4.78 is 31.3. The van der Waals surface area contributed by atoms with Crippen molar-refractivity contribution in [3.8, 4) is 5.75 Å². The molecule has 0 saturated carbocycles. The van der Waals surface area contributed by atoms with Crippen LogP contribution in [0.15, 0.2) is 47.5 Å².